The van der Waals surface area contributed by atoms with Crippen molar-refractivity contribution in [1.29, 1.82) is 0 Å². The van der Waals surface area contributed by atoms with Crippen LogP contribution < -0.4 is 16.8 Å². The Morgan fingerprint density at radius 2 is 1.95 bits per heavy atom. The minimum Gasteiger partial charge on any atom is -0.481 e. The molecule has 0 heterocycles. The van der Waals surface area contributed by atoms with Gasteiger partial charge in [0.25, 0.3) is 0 Å². The Bertz CT molecular complexity index is 536. The van der Waals surface area contributed by atoms with Crippen molar-refractivity contribution in [2.24, 2.45) is 11.5 Å². The fraction of sp³-hybridized carbons (Fsp3) is 0.308. The number of carboxylic acids is 1. The zero-order valence-electron chi connectivity index (χ0n) is 11.2. The molecule has 0 aliphatic heterocycles. The Morgan fingerprint density at radius 1 is 1.29 bits per heavy atom. The maximum absolute atomic E-state index is 11.9. The summed E-state index contributed by atoms with van der Waals surface area (Å²) in [7, 11) is 0. The number of carbonyl (C=O) groups is 3. The molecule has 7 nitrogen and oxygen atoms in total. The summed E-state index contributed by atoms with van der Waals surface area (Å²) >= 11 is 1.20. The summed E-state index contributed by atoms with van der Waals surface area (Å²) in [6, 6.07) is 6.00. The SMILES string of the molecule is NC(=O)CSc1ccccc1NC(=O)C(N)CCC(=O)O. The highest BCUT2D eigenvalue weighted by molar-refractivity contribution is 8.00. The largest absolute Gasteiger partial charge is 0.481 e. The first-order valence-electron chi connectivity index (χ1n) is 6.18. The molecule has 21 heavy (non-hydrogen) atoms. The second-order valence-corrected chi connectivity index (χ2v) is 5.30. The predicted molar refractivity (Wildman–Crippen MR) is 79.8 cm³/mol. The lowest BCUT2D eigenvalue weighted by Gasteiger charge is -2.13. The van der Waals surface area contributed by atoms with E-state index in [2.05, 4.69) is 5.32 Å². The number of anilines is 1. The molecule has 1 rings (SSSR count). The fourth-order valence-corrected chi connectivity index (χ4v) is 2.23. The van der Waals surface area contributed by atoms with Crippen LogP contribution in [0.25, 0.3) is 0 Å². The van der Waals surface area contributed by atoms with Gasteiger partial charge < -0.3 is 21.9 Å². The molecule has 1 aromatic carbocycles. The van der Waals surface area contributed by atoms with Crippen LogP contribution in [0.15, 0.2) is 29.2 Å². The quantitative estimate of drug-likeness (QED) is 0.513. The molecule has 6 N–H and O–H groups in total. The third kappa shape index (κ3) is 6.28. The maximum Gasteiger partial charge on any atom is 0.303 e. The maximum atomic E-state index is 11.9. The van der Waals surface area contributed by atoms with Gasteiger partial charge in [0, 0.05) is 11.3 Å². The van der Waals surface area contributed by atoms with E-state index >= 15 is 0 Å². The van der Waals surface area contributed by atoms with E-state index in [0.717, 1.165) is 0 Å². The first-order chi connectivity index (χ1) is 9.90. The number of carboxylic acid groups (broad SMARTS) is 1. The average molecular weight is 311 g/mol. The van der Waals surface area contributed by atoms with E-state index < -0.39 is 23.8 Å². The fourth-order valence-electron chi connectivity index (χ4n) is 1.48. The molecule has 0 aliphatic rings. The van der Waals surface area contributed by atoms with Crippen LogP contribution in [-0.2, 0) is 14.4 Å². The van der Waals surface area contributed by atoms with Gasteiger partial charge in [-0.2, -0.15) is 0 Å². The van der Waals surface area contributed by atoms with E-state index in [9.17, 15) is 14.4 Å². The zero-order valence-corrected chi connectivity index (χ0v) is 12.1. The van der Waals surface area contributed by atoms with Gasteiger partial charge in [-0.25, -0.2) is 0 Å². The van der Waals surface area contributed by atoms with Crippen molar-refractivity contribution in [2.75, 3.05) is 11.1 Å². The van der Waals surface area contributed by atoms with Crippen LogP contribution in [0.2, 0.25) is 0 Å². The standard InChI is InChI=1S/C13H17N3O4S/c14-8(5-6-12(18)19)13(20)16-9-3-1-2-4-10(9)21-7-11(15)17/h1-4,8H,5-7,14H2,(H2,15,17)(H,16,20)(H,18,19). The van der Waals surface area contributed by atoms with Crippen molar-refractivity contribution in [3.8, 4) is 0 Å². The summed E-state index contributed by atoms with van der Waals surface area (Å²) < 4.78 is 0. The zero-order chi connectivity index (χ0) is 15.8. The monoisotopic (exact) mass is 311 g/mol. The summed E-state index contributed by atoms with van der Waals surface area (Å²) in [6.07, 6.45) is -0.121. The third-order valence-corrected chi connectivity index (χ3v) is 3.62. The third-order valence-electron chi connectivity index (χ3n) is 2.52. The minimum absolute atomic E-state index is 0.0533. The molecule has 0 radical (unpaired) electrons. The molecule has 1 atom stereocenters. The van der Waals surface area contributed by atoms with E-state index in [-0.39, 0.29) is 18.6 Å². The molecule has 8 heteroatoms. The molecular formula is C13H17N3O4S. The molecule has 0 bridgehead atoms. The lowest BCUT2D eigenvalue weighted by atomic mass is 10.1. The van der Waals surface area contributed by atoms with Crippen molar-refractivity contribution in [1.82, 2.24) is 0 Å². The summed E-state index contributed by atoms with van der Waals surface area (Å²) in [4.78, 5) is 33.8. The van der Waals surface area contributed by atoms with Crippen LogP contribution in [0.5, 0.6) is 0 Å². The molecule has 0 spiro atoms. The summed E-state index contributed by atoms with van der Waals surface area (Å²) in [5.74, 6) is -1.84. The van der Waals surface area contributed by atoms with E-state index in [1.807, 2.05) is 0 Å². The number of hydrogen-bond donors (Lipinski definition) is 4. The molecule has 1 unspecified atom stereocenters. The van der Waals surface area contributed by atoms with Crippen LogP contribution in [0.3, 0.4) is 0 Å². The number of para-hydroxylation sites is 1. The van der Waals surface area contributed by atoms with E-state index in [0.29, 0.717) is 10.6 Å². The van der Waals surface area contributed by atoms with Gasteiger partial charge in [0.15, 0.2) is 0 Å². The van der Waals surface area contributed by atoms with Gasteiger partial charge in [-0.15, -0.1) is 11.8 Å². The van der Waals surface area contributed by atoms with Gasteiger partial charge in [0.05, 0.1) is 17.5 Å². The second-order valence-electron chi connectivity index (χ2n) is 4.28. The summed E-state index contributed by atoms with van der Waals surface area (Å²) in [5.41, 5.74) is 11.2. The van der Waals surface area contributed by atoms with E-state index in [1.54, 1.807) is 24.3 Å². The summed E-state index contributed by atoms with van der Waals surface area (Å²) in [5, 5.41) is 11.2. The number of aliphatic carboxylic acids is 1. The first kappa shape index (κ1) is 17.0. The molecule has 0 saturated heterocycles. The average Bonchev–Trinajstić information content (AvgIpc) is 2.43. The molecule has 1 aromatic rings. The van der Waals surface area contributed by atoms with E-state index in [1.165, 1.54) is 11.8 Å². The normalized spacial score (nSPS) is 11.7. The van der Waals surface area contributed by atoms with E-state index in [4.69, 9.17) is 16.6 Å². The van der Waals surface area contributed by atoms with Crippen molar-refractivity contribution in [3.63, 3.8) is 0 Å². The number of benzene rings is 1. The van der Waals surface area contributed by atoms with Crippen LogP contribution in [0.1, 0.15) is 12.8 Å². The number of carbonyl (C=O) groups excluding carboxylic acids is 2. The molecular weight excluding hydrogens is 294 g/mol. The smallest absolute Gasteiger partial charge is 0.303 e. The minimum atomic E-state index is -1.00. The Balaban J connectivity index is 2.66. The Kier molecular flexibility index (Phi) is 6.70. The Labute approximate surface area is 126 Å². The number of primary amides is 1. The molecule has 0 saturated carbocycles. The van der Waals surface area contributed by atoms with Crippen molar-refractivity contribution in [2.45, 2.75) is 23.8 Å². The predicted octanol–water partition coefficient (Wildman–Crippen LogP) is 0.395. The molecule has 0 aliphatic carbocycles. The van der Waals surface area contributed by atoms with Crippen molar-refractivity contribution < 1.29 is 19.5 Å². The van der Waals surface area contributed by atoms with Gasteiger partial charge in [-0.05, 0) is 18.6 Å². The Hall–Kier alpha value is -2.06. The van der Waals surface area contributed by atoms with Crippen LogP contribution >= 0.6 is 11.8 Å². The number of amides is 2. The first-order valence-corrected chi connectivity index (χ1v) is 7.17. The van der Waals surface area contributed by atoms with Gasteiger partial charge in [0.2, 0.25) is 11.8 Å². The van der Waals surface area contributed by atoms with Gasteiger partial charge in [-0.1, -0.05) is 12.1 Å². The Morgan fingerprint density at radius 3 is 2.57 bits per heavy atom. The van der Waals surface area contributed by atoms with Crippen LogP contribution in [0, 0.1) is 0 Å². The number of rotatable bonds is 8. The summed E-state index contributed by atoms with van der Waals surface area (Å²) in [6.45, 7) is 0. The van der Waals surface area contributed by atoms with Crippen LogP contribution in [-0.4, -0.2) is 34.7 Å². The van der Waals surface area contributed by atoms with Gasteiger partial charge in [-0.3, -0.25) is 14.4 Å². The van der Waals surface area contributed by atoms with Crippen LogP contribution in [0.4, 0.5) is 5.69 Å². The number of nitrogens with two attached hydrogens (primary N) is 2. The highest BCUT2D eigenvalue weighted by Gasteiger charge is 2.16. The van der Waals surface area contributed by atoms with Gasteiger partial charge >= 0.3 is 5.97 Å². The molecule has 0 fully saturated rings. The molecule has 114 valence electrons. The number of nitrogens with one attached hydrogen (secondary N) is 1. The van der Waals surface area contributed by atoms with Crippen molar-refractivity contribution in [3.05, 3.63) is 24.3 Å². The lowest BCUT2D eigenvalue weighted by Crippen LogP contribution is -2.36. The molecule has 0 aromatic heterocycles. The lowest BCUT2D eigenvalue weighted by molar-refractivity contribution is -0.137. The number of thioether (sulfide) groups is 1. The number of hydrogen-bond acceptors (Lipinski definition) is 5. The second kappa shape index (κ2) is 8.28. The topological polar surface area (TPSA) is 136 Å². The van der Waals surface area contributed by atoms with Gasteiger partial charge in [0.1, 0.15) is 0 Å². The highest BCUT2D eigenvalue weighted by Crippen LogP contribution is 2.26. The molecule has 2 amide bonds. The highest BCUT2D eigenvalue weighted by atomic mass is 32.2. The van der Waals surface area contributed by atoms with Crippen molar-refractivity contribution >= 4 is 35.2 Å².